The van der Waals surface area contributed by atoms with Gasteiger partial charge in [-0.3, -0.25) is 10.2 Å². The van der Waals surface area contributed by atoms with E-state index in [1.54, 1.807) is 32.2 Å². The summed E-state index contributed by atoms with van der Waals surface area (Å²) in [6.07, 6.45) is 2.12. The monoisotopic (exact) mass is 452 g/mol. The molecule has 176 valence electrons. The third kappa shape index (κ3) is 5.45. The minimum atomic E-state index is -0.591. The van der Waals surface area contributed by atoms with E-state index in [0.717, 1.165) is 18.4 Å². The highest BCUT2D eigenvalue weighted by molar-refractivity contribution is 5.97. The summed E-state index contributed by atoms with van der Waals surface area (Å²) in [6, 6.07) is 17.0. The number of guanidine groups is 1. The molecule has 0 unspecified atom stereocenters. The zero-order valence-electron chi connectivity index (χ0n) is 19.2. The molecule has 0 bridgehead atoms. The zero-order chi connectivity index (χ0) is 23.8. The van der Waals surface area contributed by atoms with Gasteiger partial charge in [-0.05, 0) is 50.3 Å². The second-order valence-corrected chi connectivity index (χ2v) is 8.21. The van der Waals surface area contributed by atoms with Crippen molar-refractivity contribution in [3.8, 4) is 5.75 Å². The number of hydrogen-bond donors (Lipinski definition) is 3. The fourth-order valence-corrected chi connectivity index (χ4v) is 4.59. The van der Waals surface area contributed by atoms with Crippen LogP contribution in [-0.2, 0) is 10.2 Å². The lowest BCUT2D eigenvalue weighted by molar-refractivity contribution is 0.0911. The lowest BCUT2D eigenvalue weighted by atomic mass is 9.68. The summed E-state index contributed by atoms with van der Waals surface area (Å²) in [5.41, 5.74) is 7.03. The number of nitrogens with zero attached hydrogens (tertiary/aromatic N) is 1. The van der Waals surface area contributed by atoms with Gasteiger partial charge in [0, 0.05) is 18.0 Å². The van der Waals surface area contributed by atoms with Gasteiger partial charge < -0.3 is 20.5 Å². The van der Waals surface area contributed by atoms with Gasteiger partial charge in [-0.1, -0.05) is 42.5 Å². The molecule has 1 aliphatic carbocycles. The minimum Gasteiger partial charge on any atom is -0.496 e. The van der Waals surface area contributed by atoms with Crippen molar-refractivity contribution in [3.63, 3.8) is 0 Å². The highest BCUT2D eigenvalue weighted by atomic mass is 16.6. The maximum Gasteiger partial charge on any atom is 0.416 e. The molecule has 0 aliphatic heterocycles. The first-order chi connectivity index (χ1) is 15.9. The number of para-hydroxylation sites is 1. The molecule has 8 heteroatoms. The number of hydrogen-bond acceptors (Lipinski definition) is 5. The Morgan fingerprint density at radius 3 is 2.36 bits per heavy atom. The van der Waals surface area contributed by atoms with Gasteiger partial charge in [0.1, 0.15) is 5.75 Å². The fourth-order valence-electron chi connectivity index (χ4n) is 4.59. The summed E-state index contributed by atoms with van der Waals surface area (Å²) in [4.78, 5) is 26.6. The lowest BCUT2D eigenvalue weighted by Crippen LogP contribution is -2.52. The molecular formula is C25H32N4O4. The predicted molar refractivity (Wildman–Crippen MR) is 126 cm³/mol. The van der Waals surface area contributed by atoms with Gasteiger partial charge in [0.25, 0.3) is 5.91 Å². The van der Waals surface area contributed by atoms with Gasteiger partial charge in [-0.15, -0.1) is 0 Å². The lowest BCUT2D eigenvalue weighted by Gasteiger charge is -2.43. The van der Waals surface area contributed by atoms with Crippen LogP contribution in [0.25, 0.3) is 0 Å². The number of carbonyl (C=O) groups is 2. The van der Waals surface area contributed by atoms with Crippen LogP contribution in [0, 0.1) is 5.41 Å². The van der Waals surface area contributed by atoms with Gasteiger partial charge in [-0.2, -0.15) is 0 Å². The number of nitrogens with one attached hydrogen (secondary N) is 2. The minimum absolute atomic E-state index is 0.193. The Bertz CT molecular complexity index is 971. The molecule has 0 saturated heterocycles. The average molecular weight is 453 g/mol. The maximum absolute atomic E-state index is 13.0. The summed E-state index contributed by atoms with van der Waals surface area (Å²) < 4.78 is 10.4. The van der Waals surface area contributed by atoms with Crippen LogP contribution in [0.3, 0.4) is 0 Å². The van der Waals surface area contributed by atoms with E-state index in [0.29, 0.717) is 30.7 Å². The molecule has 2 amide bonds. The normalized spacial score (nSPS) is 19.9. The standard InChI is InChI=1S/C25H32N4O4/c1-3-33-24(31)29(23(26)27)19-13-15-25(16-14-19,18-9-5-4-6-10-18)17-28-22(30)20-11-7-8-12-21(20)32-2/h4-12,19H,3,13-17H2,1-2H3,(H3,26,27)(H,28,30). The van der Waals surface area contributed by atoms with Crippen LogP contribution in [0.2, 0.25) is 0 Å². The second-order valence-electron chi connectivity index (χ2n) is 8.21. The van der Waals surface area contributed by atoms with Crippen molar-refractivity contribution in [2.45, 2.75) is 44.1 Å². The van der Waals surface area contributed by atoms with Crippen LogP contribution in [0.4, 0.5) is 4.79 Å². The molecule has 1 saturated carbocycles. The SMILES string of the molecule is CCOC(=O)N(C(=N)N)C1CCC(CNC(=O)c2ccccc2OC)(c2ccccc2)CC1. The Kier molecular flexibility index (Phi) is 7.92. The van der Waals surface area contributed by atoms with E-state index in [9.17, 15) is 9.59 Å². The molecule has 0 atom stereocenters. The molecule has 2 aromatic rings. The molecule has 1 fully saturated rings. The van der Waals surface area contributed by atoms with Gasteiger partial charge in [0.15, 0.2) is 5.96 Å². The van der Waals surface area contributed by atoms with Crippen LogP contribution in [0.5, 0.6) is 5.75 Å². The van der Waals surface area contributed by atoms with Crippen LogP contribution >= 0.6 is 0 Å². The number of ether oxygens (including phenoxy) is 2. The Morgan fingerprint density at radius 2 is 1.76 bits per heavy atom. The van der Waals surface area contributed by atoms with Crippen molar-refractivity contribution >= 4 is 18.0 Å². The number of methoxy groups -OCH3 is 1. The molecule has 1 aliphatic rings. The number of benzene rings is 2. The van der Waals surface area contributed by atoms with Crippen molar-refractivity contribution in [1.29, 1.82) is 5.41 Å². The average Bonchev–Trinajstić information content (AvgIpc) is 2.84. The zero-order valence-corrected chi connectivity index (χ0v) is 19.2. The van der Waals surface area contributed by atoms with Crippen molar-refractivity contribution in [1.82, 2.24) is 10.2 Å². The summed E-state index contributed by atoms with van der Waals surface area (Å²) >= 11 is 0. The van der Waals surface area contributed by atoms with E-state index in [-0.39, 0.29) is 29.9 Å². The second kappa shape index (κ2) is 10.8. The van der Waals surface area contributed by atoms with Crippen LogP contribution in [0.15, 0.2) is 54.6 Å². The van der Waals surface area contributed by atoms with Gasteiger partial charge in [-0.25, -0.2) is 9.69 Å². The highest BCUT2D eigenvalue weighted by Crippen LogP contribution is 2.40. The van der Waals surface area contributed by atoms with Crippen LogP contribution in [-0.4, -0.2) is 49.2 Å². The molecule has 33 heavy (non-hydrogen) atoms. The van der Waals surface area contributed by atoms with Crippen LogP contribution < -0.4 is 15.8 Å². The Hall–Kier alpha value is -3.55. The van der Waals surface area contributed by atoms with Crippen LogP contribution in [0.1, 0.15) is 48.5 Å². The summed E-state index contributed by atoms with van der Waals surface area (Å²) in [7, 11) is 1.54. The summed E-state index contributed by atoms with van der Waals surface area (Å²) in [6.45, 7) is 2.39. The molecular weight excluding hydrogens is 420 g/mol. The first-order valence-corrected chi connectivity index (χ1v) is 11.2. The largest absolute Gasteiger partial charge is 0.496 e. The Morgan fingerprint density at radius 1 is 1.12 bits per heavy atom. The summed E-state index contributed by atoms with van der Waals surface area (Å²) in [5.74, 6) is 0.0240. The molecule has 0 aromatic heterocycles. The van der Waals surface area contributed by atoms with E-state index in [4.69, 9.17) is 20.6 Å². The Balaban J connectivity index is 1.79. The Labute approximate surface area is 194 Å². The third-order valence-electron chi connectivity index (χ3n) is 6.33. The summed E-state index contributed by atoms with van der Waals surface area (Å²) in [5, 5.41) is 11.0. The topological polar surface area (TPSA) is 118 Å². The molecule has 0 spiro atoms. The van der Waals surface area contributed by atoms with E-state index in [2.05, 4.69) is 17.4 Å². The first kappa shape index (κ1) is 24.1. The van der Waals surface area contributed by atoms with Crippen molar-refractivity contribution in [3.05, 3.63) is 65.7 Å². The molecule has 4 N–H and O–H groups in total. The molecule has 0 radical (unpaired) electrons. The molecule has 0 heterocycles. The van der Waals surface area contributed by atoms with E-state index >= 15 is 0 Å². The van der Waals surface area contributed by atoms with Crippen molar-refractivity contribution in [2.24, 2.45) is 5.73 Å². The number of rotatable bonds is 7. The van der Waals surface area contributed by atoms with Gasteiger partial charge >= 0.3 is 6.09 Å². The number of amides is 2. The fraction of sp³-hybridized carbons (Fsp3) is 0.400. The highest BCUT2D eigenvalue weighted by Gasteiger charge is 2.40. The van der Waals surface area contributed by atoms with E-state index in [1.165, 1.54) is 4.90 Å². The van der Waals surface area contributed by atoms with Gasteiger partial charge in [0.2, 0.25) is 0 Å². The van der Waals surface area contributed by atoms with Gasteiger partial charge in [0.05, 0.1) is 19.3 Å². The maximum atomic E-state index is 13.0. The predicted octanol–water partition coefficient (Wildman–Crippen LogP) is 3.66. The number of carbonyl (C=O) groups excluding carboxylic acids is 2. The number of nitrogens with two attached hydrogens (primary N) is 1. The quantitative estimate of drug-likeness (QED) is 0.438. The molecule has 3 rings (SSSR count). The van der Waals surface area contributed by atoms with E-state index < -0.39 is 6.09 Å². The van der Waals surface area contributed by atoms with E-state index in [1.807, 2.05) is 24.3 Å². The van der Waals surface area contributed by atoms with Crippen molar-refractivity contribution in [2.75, 3.05) is 20.3 Å². The van der Waals surface area contributed by atoms with Crippen molar-refractivity contribution < 1.29 is 19.1 Å². The third-order valence-corrected chi connectivity index (χ3v) is 6.33. The molecule has 8 nitrogen and oxygen atoms in total. The smallest absolute Gasteiger partial charge is 0.416 e. The first-order valence-electron chi connectivity index (χ1n) is 11.2. The molecule has 2 aromatic carbocycles.